The second-order valence-electron chi connectivity index (χ2n) is 6.81. The van der Waals surface area contributed by atoms with E-state index in [1.165, 1.54) is 12.1 Å². The van der Waals surface area contributed by atoms with Gasteiger partial charge in [-0.1, -0.05) is 35.5 Å². The van der Waals surface area contributed by atoms with Gasteiger partial charge in [0.05, 0.1) is 11.3 Å². The van der Waals surface area contributed by atoms with Gasteiger partial charge in [-0.05, 0) is 48.5 Å². The molecule has 0 aliphatic carbocycles. The average molecular weight is 397 g/mol. The van der Waals surface area contributed by atoms with Gasteiger partial charge in [0, 0.05) is 23.4 Å². The summed E-state index contributed by atoms with van der Waals surface area (Å²) in [5, 5.41) is 18.7. The zero-order chi connectivity index (χ0) is 20.5. The maximum absolute atomic E-state index is 13.4. The van der Waals surface area contributed by atoms with Crippen LogP contribution in [0.15, 0.2) is 95.6 Å². The molecule has 0 spiro atoms. The molecule has 0 bridgehead atoms. The van der Waals surface area contributed by atoms with Crippen LogP contribution in [0.3, 0.4) is 0 Å². The molecule has 0 amide bonds. The molecule has 6 heteroatoms. The molecule has 1 N–H and O–H groups in total. The summed E-state index contributed by atoms with van der Waals surface area (Å²) in [5.41, 5.74) is 4.38. The van der Waals surface area contributed by atoms with Crippen LogP contribution >= 0.6 is 0 Å². The monoisotopic (exact) mass is 397 g/mol. The van der Waals surface area contributed by atoms with Crippen molar-refractivity contribution in [3.8, 4) is 45.3 Å². The third kappa shape index (κ3) is 3.35. The molecule has 2 heterocycles. The fourth-order valence-corrected chi connectivity index (χ4v) is 3.29. The van der Waals surface area contributed by atoms with Crippen LogP contribution in [0.25, 0.3) is 39.5 Å². The number of para-hydroxylation sites is 1. The first-order chi connectivity index (χ1) is 14.7. The van der Waals surface area contributed by atoms with Crippen molar-refractivity contribution in [2.24, 2.45) is 0 Å². The molecule has 5 rings (SSSR count). The van der Waals surface area contributed by atoms with E-state index in [1.54, 1.807) is 41.1 Å². The molecular formula is C24H16FN3O2. The number of halogens is 1. The zero-order valence-corrected chi connectivity index (χ0v) is 15.7. The quantitative estimate of drug-likeness (QED) is 0.422. The van der Waals surface area contributed by atoms with Crippen molar-refractivity contribution in [1.29, 1.82) is 0 Å². The number of phenolic OH excluding ortho intramolecular Hbond substituents is 1. The Morgan fingerprint density at radius 2 is 1.63 bits per heavy atom. The highest BCUT2D eigenvalue weighted by atomic mass is 19.1. The van der Waals surface area contributed by atoms with Crippen LogP contribution in [-0.4, -0.2) is 20.0 Å². The molecule has 2 aromatic heterocycles. The molecule has 0 saturated heterocycles. The van der Waals surface area contributed by atoms with Crippen molar-refractivity contribution in [2.75, 3.05) is 0 Å². The Balaban J connectivity index is 1.63. The molecule has 0 fully saturated rings. The van der Waals surface area contributed by atoms with Gasteiger partial charge in [0.1, 0.15) is 23.0 Å². The van der Waals surface area contributed by atoms with E-state index in [2.05, 4.69) is 5.16 Å². The van der Waals surface area contributed by atoms with Gasteiger partial charge < -0.3 is 9.63 Å². The van der Waals surface area contributed by atoms with Gasteiger partial charge in [0.25, 0.3) is 0 Å². The van der Waals surface area contributed by atoms with E-state index in [9.17, 15) is 9.50 Å². The minimum atomic E-state index is -0.310. The molecule has 0 atom stereocenters. The van der Waals surface area contributed by atoms with E-state index >= 15 is 0 Å². The maximum atomic E-state index is 13.4. The molecule has 5 aromatic rings. The van der Waals surface area contributed by atoms with E-state index in [0.29, 0.717) is 22.7 Å². The first kappa shape index (κ1) is 17.9. The summed E-state index contributed by atoms with van der Waals surface area (Å²) < 4.78 is 20.7. The van der Waals surface area contributed by atoms with Gasteiger partial charge in [-0.25, -0.2) is 9.07 Å². The number of nitrogens with zero attached hydrogens (tertiary/aromatic N) is 3. The number of hydrogen-bond donors (Lipinski definition) is 1. The first-order valence-electron chi connectivity index (χ1n) is 9.35. The molecular weight excluding hydrogens is 381 g/mol. The summed E-state index contributed by atoms with van der Waals surface area (Å²) in [5.74, 6) is 0.364. The SMILES string of the molecule is Oc1cccc(-c2cc(-c3cn(-c4ccccc4)nc3-c3ccc(F)cc3)no2)c1. The Hall–Kier alpha value is -4.19. The molecule has 146 valence electrons. The van der Waals surface area contributed by atoms with Crippen molar-refractivity contribution < 1.29 is 14.0 Å². The number of aromatic nitrogens is 3. The van der Waals surface area contributed by atoms with Gasteiger partial charge in [-0.15, -0.1) is 0 Å². The Bertz CT molecular complexity index is 1310. The minimum Gasteiger partial charge on any atom is -0.508 e. The average Bonchev–Trinajstić information content (AvgIpc) is 3.43. The number of hydrogen-bond acceptors (Lipinski definition) is 4. The van der Waals surface area contributed by atoms with E-state index in [4.69, 9.17) is 9.62 Å². The van der Waals surface area contributed by atoms with Crippen LogP contribution in [0.1, 0.15) is 0 Å². The van der Waals surface area contributed by atoms with Gasteiger partial charge >= 0.3 is 0 Å². The molecule has 30 heavy (non-hydrogen) atoms. The number of benzene rings is 3. The van der Waals surface area contributed by atoms with Crippen LogP contribution in [0.5, 0.6) is 5.75 Å². The van der Waals surface area contributed by atoms with Gasteiger partial charge in [-0.3, -0.25) is 0 Å². The van der Waals surface area contributed by atoms with Crippen molar-refractivity contribution in [3.05, 3.63) is 96.9 Å². The third-order valence-electron chi connectivity index (χ3n) is 4.77. The summed E-state index contributed by atoms with van der Waals surface area (Å²) in [6, 6.07) is 24.5. The van der Waals surface area contributed by atoms with Crippen LogP contribution < -0.4 is 0 Å². The minimum absolute atomic E-state index is 0.148. The Kier molecular flexibility index (Phi) is 4.37. The molecule has 3 aromatic carbocycles. The molecule has 5 nitrogen and oxygen atoms in total. The van der Waals surface area contributed by atoms with Gasteiger partial charge in [-0.2, -0.15) is 5.10 Å². The topological polar surface area (TPSA) is 64.1 Å². The molecule has 0 saturated carbocycles. The standard InChI is InChI=1S/C24H16FN3O2/c25-18-11-9-16(10-12-18)24-21(15-28(26-24)19-6-2-1-3-7-19)22-14-23(30-27-22)17-5-4-8-20(29)13-17/h1-15,29H. The number of phenols is 1. The predicted octanol–water partition coefficient (Wildman–Crippen LogP) is 5.71. The van der Waals surface area contributed by atoms with Crippen LogP contribution in [0.2, 0.25) is 0 Å². The Morgan fingerprint density at radius 1 is 0.833 bits per heavy atom. The number of rotatable bonds is 4. The Labute approximate surface area is 171 Å². The van der Waals surface area contributed by atoms with Gasteiger partial charge in [0.15, 0.2) is 5.76 Å². The molecule has 0 unspecified atom stereocenters. The van der Waals surface area contributed by atoms with Crippen LogP contribution in [0, 0.1) is 5.82 Å². The lowest BCUT2D eigenvalue weighted by molar-refractivity contribution is 0.434. The highest BCUT2D eigenvalue weighted by Gasteiger charge is 2.18. The smallest absolute Gasteiger partial charge is 0.167 e. The van der Waals surface area contributed by atoms with Gasteiger partial charge in [0.2, 0.25) is 0 Å². The van der Waals surface area contributed by atoms with Crippen molar-refractivity contribution in [2.45, 2.75) is 0 Å². The van der Waals surface area contributed by atoms with Crippen LogP contribution in [0.4, 0.5) is 4.39 Å². The van der Waals surface area contributed by atoms with E-state index in [0.717, 1.165) is 16.8 Å². The molecule has 0 aliphatic heterocycles. The lowest BCUT2D eigenvalue weighted by Crippen LogP contribution is -1.94. The second kappa shape index (κ2) is 7.33. The fraction of sp³-hybridized carbons (Fsp3) is 0. The van der Waals surface area contributed by atoms with Crippen molar-refractivity contribution in [1.82, 2.24) is 14.9 Å². The van der Waals surface area contributed by atoms with Crippen molar-refractivity contribution in [3.63, 3.8) is 0 Å². The first-order valence-corrected chi connectivity index (χ1v) is 9.35. The second-order valence-corrected chi connectivity index (χ2v) is 6.81. The normalized spacial score (nSPS) is 11.0. The highest BCUT2D eigenvalue weighted by molar-refractivity contribution is 5.80. The Morgan fingerprint density at radius 3 is 2.40 bits per heavy atom. The maximum Gasteiger partial charge on any atom is 0.167 e. The largest absolute Gasteiger partial charge is 0.508 e. The molecule has 0 aliphatic rings. The summed E-state index contributed by atoms with van der Waals surface area (Å²) in [6.07, 6.45) is 1.87. The summed E-state index contributed by atoms with van der Waals surface area (Å²) in [4.78, 5) is 0. The van der Waals surface area contributed by atoms with E-state index < -0.39 is 0 Å². The lowest BCUT2D eigenvalue weighted by atomic mass is 10.1. The molecule has 0 radical (unpaired) electrons. The number of aromatic hydroxyl groups is 1. The predicted molar refractivity (Wildman–Crippen MR) is 112 cm³/mol. The summed E-state index contributed by atoms with van der Waals surface area (Å²) in [7, 11) is 0. The van der Waals surface area contributed by atoms with E-state index in [-0.39, 0.29) is 11.6 Å². The lowest BCUT2D eigenvalue weighted by Gasteiger charge is -2.00. The van der Waals surface area contributed by atoms with Crippen molar-refractivity contribution >= 4 is 0 Å². The zero-order valence-electron chi connectivity index (χ0n) is 15.7. The van der Waals surface area contributed by atoms with E-state index in [1.807, 2.05) is 42.6 Å². The third-order valence-corrected chi connectivity index (χ3v) is 4.77. The summed E-state index contributed by atoms with van der Waals surface area (Å²) in [6.45, 7) is 0. The van der Waals surface area contributed by atoms with Crippen LogP contribution in [-0.2, 0) is 0 Å². The highest BCUT2D eigenvalue weighted by Crippen LogP contribution is 2.34. The fourth-order valence-electron chi connectivity index (χ4n) is 3.29. The summed E-state index contributed by atoms with van der Waals surface area (Å²) >= 11 is 0.